The second kappa shape index (κ2) is 11.3. The minimum absolute atomic E-state index is 0.0954. The SMILES string of the molecule is COc1ccc(-c2nc(CCC(=O)c3ccccc3OC(F)F)co2)cc1.c1cc2cc(c1)OC2. The van der Waals surface area contributed by atoms with Crippen LogP contribution in [0.25, 0.3) is 11.5 Å². The molecule has 8 heteroatoms. The first-order valence-corrected chi connectivity index (χ1v) is 10.9. The number of halogens is 2. The molecule has 3 aromatic carbocycles. The van der Waals surface area contributed by atoms with Crippen LogP contribution in [0.15, 0.2) is 83.5 Å². The van der Waals surface area contributed by atoms with E-state index in [0.29, 0.717) is 18.0 Å². The molecule has 1 aromatic heterocycles. The predicted octanol–water partition coefficient (Wildman–Crippen LogP) is 6.35. The summed E-state index contributed by atoms with van der Waals surface area (Å²) in [5.41, 5.74) is 2.78. The lowest BCUT2D eigenvalue weighted by Gasteiger charge is -2.09. The van der Waals surface area contributed by atoms with Gasteiger partial charge in [-0.15, -0.1) is 0 Å². The van der Waals surface area contributed by atoms with Gasteiger partial charge in [0.05, 0.1) is 18.4 Å². The molecule has 1 aliphatic heterocycles. The number of ketones is 1. The standard InChI is InChI=1S/C20H17F2NO4.C7H6O/c1-25-15-9-6-13(7-10-15)19-23-14(12-26-19)8-11-17(24)16-4-2-3-5-18(16)27-20(21)22;1-2-6-4-7(3-1)8-5-6/h2-7,9-10,12,20H,8,11H2,1H3;1-4H,5H2. The molecule has 180 valence electrons. The molecular weight excluding hydrogens is 456 g/mol. The van der Waals surface area contributed by atoms with Gasteiger partial charge >= 0.3 is 6.61 Å². The number of fused-ring (bicyclic) bond motifs is 2. The number of aryl methyl sites for hydroxylation is 1. The third-order valence-corrected chi connectivity index (χ3v) is 5.20. The lowest BCUT2D eigenvalue weighted by atomic mass is 10.0. The van der Waals surface area contributed by atoms with Crippen LogP contribution in [0.3, 0.4) is 0 Å². The molecule has 2 bridgehead atoms. The fraction of sp³-hybridized carbons (Fsp3) is 0.185. The fourth-order valence-corrected chi connectivity index (χ4v) is 3.45. The highest BCUT2D eigenvalue weighted by Crippen LogP contribution is 2.24. The second-order valence-electron chi connectivity index (χ2n) is 7.61. The Balaban J connectivity index is 0.000000301. The number of aromatic nitrogens is 1. The molecule has 0 radical (unpaired) electrons. The highest BCUT2D eigenvalue weighted by Gasteiger charge is 2.16. The lowest BCUT2D eigenvalue weighted by Crippen LogP contribution is -2.08. The molecule has 1 aliphatic rings. The van der Waals surface area contributed by atoms with Crippen molar-refractivity contribution < 1.29 is 32.2 Å². The maximum atomic E-state index is 12.5. The van der Waals surface area contributed by atoms with Crippen molar-refractivity contribution in [2.75, 3.05) is 7.11 Å². The molecule has 4 aromatic rings. The van der Waals surface area contributed by atoms with E-state index in [1.54, 1.807) is 25.3 Å². The van der Waals surface area contributed by atoms with Gasteiger partial charge in [0.1, 0.15) is 30.1 Å². The first kappa shape index (κ1) is 23.9. The largest absolute Gasteiger partial charge is 0.497 e. The number of carbonyl (C=O) groups is 1. The Kier molecular flexibility index (Phi) is 7.72. The number of rotatable bonds is 8. The van der Waals surface area contributed by atoms with E-state index in [0.717, 1.165) is 23.7 Å². The van der Waals surface area contributed by atoms with Gasteiger partial charge in [-0.05, 0) is 54.1 Å². The molecule has 0 saturated carbocycles. The Hall–Kier alpha value is -4.20. The Labute approximate surface area is 201 Å². The van der Waals surface area contributed by atoms with Gasteiger partial charge in [-0.3, -0.25) is 4.79 Å². The Morgan fingerprint density at radius 2 is 1.86 bits per heavy atom. The van der Waals surface area contributed by atoms with E-state index in [1.807, 2.05) is 24.3 Å². The number of Topliss-reactive ketones (excluding diaryl/α,β-unsaturated/α-hetero) is 1. The van der Waals surface area contributed by atoms with Gasteiger partial charge in [-0.2, -0.15) is 8.78 Å². The smallest absolute Gasteiger partial charge is 0.387 e. The molecule has 2 heterocycles. The maximum absolute atomic E-state index is 12.5. The van der Waals surface area contributed by atoms with Crippen LogP contribution in [-0.2, 0) is 13.0 Å². The highest BCUT2D eigenvalue weighted by atomic mass is 19.3. The minimum atomic E-state index is -2.98. The molecule has 0 atom stereocenters. The Morgan fingerprint density at radius 1 is 1.06 bits per heavy atom. The van der Waals surface area contributed by atoms with Crippen molar-refractivity contribution in [1.82, 2.24) is 4.98 Å². The summed E-state index contributed by atoms with van der Waals surface area (Å²) in [5.74, 6) is 1.72. The summed E-state index contributed by atoms with van der Waals surface area (Å²) in [6.45, 7) is -2.22. The Morgan fingerprint density at radius 3 is 2.57 bits per heavy atom. The summed E-state index contributed by atoms with van der Waals surface area (Å²) >= 11 is 0. The van der Waals surface area contributed by atoms with Crippen molar-refractivity contribution in [1.29, 1.82) is 0 Å². The topological polar surface area (TPSA) is 70.8 Å². The number of methoxy groups -OCH3 is 1. The van der Waals surface area contributed by atoms with E-state index in [4.69, 9.17) is 13.9 Å². The fourth-order valence-electron chi connectivity index (χ4n) is 3.45. The average molecular weight is 479 g/mol. The first-order chi connectivity index (χ1) is 17.0. The summed E-state index contributed by atoms with van der Waals surface area (Å²) in [5, 5.41) is 0. The number of carbonyl (C=O) groups excluding carboxylic acids is 1. The molecule has 5 rings (SSSR count). The van der Waals surface area contributed by atoms with Gasteiger partial charge in [0.15, 0.2) is 5.78 Å². The maximum Gasteiger partial charge on any atom is 0.387 e. The summed E-state index contributed by atoms with van der Waals surface area (Å²) in [6, 6.07) is 21.3. The number of alkyl halides is 2. The molecule has 0 amide bonds. The van der Waals surface area contributed by atoms with E-state index in [2.05, 4.69) is 21.9 Å². The third kappa shape index (κ3) is 6.44. The van der Waals surface area contributed by atoms with Gasteiger partial charge < -0.3 is 18.6 Å². The van der Waals surface area contributed by atoms with E-state index in [1.165, 1.54) is 30.0 Å². The van der Waals surface area contributed by atoms with E-state index >= 15 is 0 Å². The van der Waals surface area contributed by atoms with Crippen LogP contribution < -0.4 is 14.2 Å². The number of benzene rings is 3. The number of hydrogen-bond donors (Lipinski definition) is 0. The average Bonchev–Trinajstić information content (AvgIpc) is 3.48. The number of ether oxygens (including phenoxy) is 3. The molecular formula is C27H23F2NO5. The van der Waals surface area contributed by atoms with Crippen molar-refractivity contribution >= 4 is 5.78 Å². The number of para-hydroxylation sites is 1. The summed E-state index contributed by atoms with van der Waals surface area (Å²) in [4.78, 5) is 16.7. The highest BCUT2D eigenvalue weighted by molar-refractivity contribution is 5.98. The zero-order chi connectivity index (χ0) is 24.6. The van der Waals surface area contributed by atoms with Crippen LogP contribution >= 0.6 is 0 Å². The summed E-state index contributed by atoms with van der Waals surface area (Å²) < 4.78 is 45.1. The van der Waals surface area contributed by atoms with E-state index in [9.17, 15) is 13.6 Å². The molecule has 0 spiro atoms. The van der Waals surface area contributed by atoms with E-state index in [-0.39, 0.29) is 23.5 Å². The molecule has 0 fully saturated rings. The van der Waals surface area contributed by atoms with Gasteiger partial charge in [-0.25, -0.2) is 4.98 Å². The molecule has 0 aliphatic carbocycles. The predicted molar refractivity (Wildman–Crippen MR) is 125 cm³/mol. The summed E-state index contributed by atoms with van der Waals surface area (Å²) in [6.07, 6.45) is 1.90. The van der Waals surface area contributed by atoms with Crippen LogP contribution in [0.5, 0.6) is 17.2 Å². The van der Waals surface area contributed by atoms with Crippen molar-refractivity contribution in [3.63, 3.8) is 0 Å². The molecule has 0 N–H and O–H groups in total. The molecule has 0 unspecified atom stereocenters. The van der Waals surface area contributed by atoms with Crippen LogP contribution in [-0.4, -0.2) is 24.5 Å². The molecule has 0 saturated heterocycles. The monoisotopic (exact) mass is 479 g/mol. The Bertz CT molecular complexity index is 1250. The number of nitrogens with zero attached hydrogens (tertiary/aromatic N) is 1. The van der Waals surface area contributed by atoms with Crippen LogP contribution in [0.2, 0.25) is 0 Å². The zero-order valence-corrected chi connectivity index (χ0v) is 18.9. The zero-order valence-electron chi connectivity index (χ0n) is 18.9. The first-order valence-electron chi connectivity index (χ1n) is 10.9. The van der Waals surface area contributed by atoms with Crippen molar-refractivity contribution in [2.24, 2.45) is 0 Å². The van der Waals surface area contributed by atoms with Gasteiger partial charge in [0.25, 0.3) is 0 Å². The van der Waals surface area contributed by atoms with E-state index < -0.39 is 6.61 Å². The van der Waals surface area contributed by atoms with Gasteiger partial charge in [-0.1, -0.05) is 24.3 Å². The van der Waals surface area contributed by atoms with Crippen LogP contribution in [0.1, 0.15) is 28.0 Å². The second-order valence-corrected chi connectivity index (χ2v) is 7.61. The van der Waals surface area contributed by atoms with Gasteiger partial charge in [0.2, 0.25) is 5.89 Å². The molecule has 35 heavy (non-hydrogen) atoms. The third-order valence-electron chi connectivity index (χ3n) is 5.20. The summed E-state index contributed by atoms with van der Waals surface area (Å²) in [7, 11) is 1.58. The van der Waals surface area contributed by atoms with Crippen LogP contribution in [0.4, 0.5) is 8.78 Å². The lowest BCUT2D eigenvalue weighted by molar-refractivity contribution is -0.0501. The van der Waals surface area contributed by atoms with Crippen molar-refractivity contribution in [2.45, 2.75) is 26.1 Å². The van der Waals surface area contributed by atoms with Crippen LogP contribution in [0, 0.1) is 0 Å². The minimum Gasteiger partial charge on any atom is -0.497 e. The van der Waals surface area contributed by atoms with Gasteiger partial charge in [0, 0.05) is 18.4 Å². The normalized spacial score (nSPS) is 11.4. The molecule has 6 nitrogen and oxygen atoms in total. The number of hydrogen-bond acceptors (Lipinski definition) is 6. The van der Waals surface area contributed by atoms with Crippen molar-refractivity contribution in [3.05, 3.63) is 95.9 Å². The number of oxazole rings is 1. The van der Waals surface area contributed by atoms with Crippen molar-refractivity contribution in [3.8, 4) is 28.7 Å². The quantitative estimate of drug-likeness (QED) is 0.275.